The summed E-state index contributed by atoms with van der Waals surface area (Å²) in [7, 11) is 0. The number of hydrogen-bond donors (Lipinski definition) is 2. The first-order valence-electron chi connectivity index (χ1n) is 7.98. The van der Waals surface area contributed by atoms with Gasteiger partial charge >= 0.3 is 0 Å². The first kappa shape index (κ1) is 14.8. The third kappa shape index (κ3) is 3.74. The number of aliphatic hydroxyl groups excluding tert-OH is 1. The molecule has 0 spiro atoms. The molecule has 0 radical (unpaired) electrons. The van der Waals surface area contributed by atoms with Crippen molar-refractivity contribution in [3.8, 4) is 5.75 Å². The van der Waals surface area contributed by atoms with Gasteiger partial charge in [-0.3, -0.25) is 0 Å². The van der Waals surface area contributed by atoms with Gasteiger partial charge in [0.2, 0.25) is 0 Å². The predicted octanol–water partition coefficient (Wildman–Crippen LogP) is 2.59. The van der Waals surface area contributed by atoms with Gasteiger partial charge < -0.3 is 15.2 Å². The van der Waals surface area contributed by atoms with E-state index in [9.17, 15) is 9.50 Å². The number of nitrogens with one attached hydrogen (secondary N) is 1. The zero-order valence-electron chi connectivity index (χ0n) is 12.3. The highest BCUT2D eigenvalue weighted by Crippen LogP contribution is 2.47. The molecular formula is C17H24FNO2. The Labute approximate surface area is 125 Å². The summed E-state index contributed by atoms with van der Waals surface area (Å²) < 4.78 is 18.7. The maximum absolute atomic E-state index is 13.4. The minimum atomic E-state index is -0.608. The van der Waals surface area contributed by atoms with E-state index in [2.05, 4.69) is 5.32 Å². The Morgan fingerprint density at radius 2 is 2.14 bits per heavy atom. The summed E-state index contributed by atoms with van der Waals surface area (Å²) in [5.41, 5.74) is 0. The van der Waals surface area contributed by atoms with Crippen molar-refractivity contribution in [2.45, 2.75) is 31.8 Å². The second-order valence-electron chi connectivity index (χ2n) is 6.49. The normalized spacial score (nSPS) is 28.8. The number of rotatable bonds is 7. The lowest BCUT2D eigenvalue weighted by Gasteiger charge is -2.22. The van der Waals surface area contributed by atoms with Crippen molar-refractivity contribution < 1.29 is 14.2 Å². The quantitative estimate of drug-likeness (QED) is 0.812. The summed E-state index contributed by atoms with van der Waals surface area (Å²) in [4.78, 5) is 0. The zero-order chi connectivity index (χ0) is 14.7. The molecule has 0 aromatic heterocycles. The van der Waals surface area contributed by atoms with E-state index in [-0.39, 0.29) is 18.2 Å². The van der Waals surface area contributed by atoms with E-state index >= 15 is 0 Å². The zero-order valence-corrected chi connectivity index (χ0v) is 12.3. The Morgan fingerprint density at radius 3 is 2.86 bits per heavy atom. The molecular weight excluding hydrogens is 269 g/mol. The van der Waals surface area contributed by atoms with Crippen LogP contribution in [-0.2, 0) is 0 Å². The Bertz CT molecular complexity index is 468. The first-order chi connectivity index (χ1) is 10.2. The van der Waals surface area contributed by atoms with Gasteiger partial charge in [-0.2, -0.15) is 0 Å². The van der Waals surface area contributed by atoms with Crippen LogP contribution < -0.4 is 10.1 Å². The molecule has 0 heterocycles. The average molecular weight is 293 g/mol. The molecule has 2 bridgehead atoms. The maximum atomic E-state index is 13.4. The van der Waals surface area contributed by atoms with Crippen molar-refractivity contribution >= 4 is 0 Å². The number of halogens is 1. The van der Waals surface area contributed by atoms with Crippen LogP contribution in [0.3, 0.4) is 0 Å². The van der Waals surface area contributed by atoms with Gasteiger partial charge in [0.25, 0.3) is 0 Å². The molecule has 21 heavy (non-hydrogen) atoms. The monoisotopic (exact) mass is 293 g/mol. The molecule has 2 aliphatic rings. The maximum Gasteiger partial charge on any atom is 0.165 e. The van der Waals surface area contributed by atoms with E-state index in [0.29, 0.717) is 6.54 Å². The lowest BCUT2D eigenvalue weighted by Crippen LogP contribution is -2.35. The minimum absolute atomic E-state index is 0.116. The molecule has 0 saturated heterocycles. The van der Waals surface area contributed by atoms with Crippen LogP contribution in [0.5, 0.6) is 5.75 Å². The Morgan fingerprint density at radius 1 is 1.29 bits per heavy atom. The van der Waals surface area contributed by atoms with E-state index in [1.165, 1.54) is 31.7 Å². The largest absolute Gasteiger partial charge is 0.488 e. The van der Waals surface area contributed by atoms with Crippen molar-refractivity contribution in [1.29, 1.82) is 0 Å². The topological polar surface area (TPSA) is 41.5 Å². The number of benzene rings is 1. The molecule has 1 aromatic rings. The van der Waals surface area contributed by atoms with E-state index in [1.807, 2.05) is 0 Å². The fourth-order valence-corrected chi connectivity index (χ4v) is 3.87. The number of para-hydroxylation sites is 1. The summed E-state index contributed by atoms with van der Waals surface area (Å²) in [6, 6.07) is 6.27. The molecule has 0 amide bonds. The van der Waals surface area contributed by atoms with E-state index in [1.54, 1.807) is 18.2 Å². The Hall–Kier alpha value is -1.13. The molecule has 2 saturated carbocycles. The Balaban J connectivity index is 1.33. The van der Waals surface area contributed by atoms with Gasteiger partial charge in [0.15, 0.2) is 11.6 Å². The van der Waals surface area contributed by atoms with Gasteiger partial charge in [-0.25, -0.2) is 4.39 Å². The lowest BCUT2D eigenvalue weighted by atomic mass is 9.89. The number of ether oxygens (including phenoxy) is 1. The van der Waals surface area contributed by atoms with Gasteiger partial charge in [-0.1, -0.05) is 18.6 Å². The second-order valence-corrected chi connectivity index (χ2v) is 6.49. The SMILES string of the molecule is OC(CNCC1CC2CCC1C2)COc1ccccc1F. The van der Waals surface area contributed by atoms with Gasteiger partial charge in [0.05, 0.1) is 0 Å². The van der Waals surface area contributed by atoms with Crippen LogP contribution in [-0.4, -0.2) is 30.9 Å². The third-order valence-electron chi connectivity index (χ3n) is 4.94. The van der Waals surface area contributed by atoms with Crippen LogP contribution >= 0.6 is 0 Å². The highest BCUT2D eigenvalue weighted by atomic mass is 19.1. The summed E-state index contributed by atoms with van der Waals surface area (Å²) in [5, 5.41) is 13.2. The first-order valence-corrected chi connectivity index (χ1v) is 7.98. The van der Waals surface area contributed by atoms with Gasteiger partial charge in [-0.15, -0.1) is 0 Å². The van der Waals surface area contributed by atoms with E-state index in [4.69, 9.17) is 4.74 Å². The van der Waals surface area contributed by atoms with Crippen molar-refractivity contribution in [3.05, 3.63) is 30.1 Å². The van der Waals surface area contributed by atoms with Crippen molar-refractivity contribution in [2.75, 3.05) is 19.7 Å². The van der Waals surface area contributed by atoms with Gasteiger partial charge in [0.1, 0.15) is 12.7 Å². The van der Waals surface area contributed by atoms with Gasteiger partial charge in [0, 0.05) is 6.54 Å². The number of hydrogen-bond acceptors (Lipinski definition) is 3. The minimum Gasteiger partial charge on any atom is -0.488 e. The van der Waals surface area contributed by atoms with E-state index < -0.39 is 6.10 Å². The third-order valence-corrected chi connectivity index (χ3v) is 4.94. The predicted molar refractivity (Wildman–Crippen MR) is 79.7 cm³/mol. The van der Waals surface area contributed by atoms with E-state index in [0.717, 1.165) is 24.3 Å². The average Bonchev–Trinajstić information content (AvgIpc) is 3.09. The highest BCUT2D eigenvalue weighted by molar-refractivity contribution is 5.23. The molecule has 4 heteroatoms. The second kappa shape index (κ2) is 6.75. The highest BCUT2D eigenvalue weighted by Gasteiger charge is 2.38. The molecule has 4 unspecified atom stereocenters. The van der Waals surface area contributed by atoms with Crippen LogP contribution in [0.1, 0.15) is 25.7 Å². The Kier molecular flexibility index (Phi) is 4.76. The number of aliphatic hydroxyl groups is 1. The van der Waals surface area contributed by atoms with Crippen molar-refractivity contribution in [1.82, 2.24) is 5.32 Å². The summed E-state index contributed by atoms with van der Waals surface area (Å²) in [5.74, 6) is 2.44. The van der Waals surface area contributed by atoms with Crippen LogP contribution in [0.4, 0.5) is 4.39 Å². The fraction of sp³-hybridized carbons (Fsp3) is 0.647. The lowest BCUT2D eigenvalue weighted by molar-refractivity contribution is 0.102. The van der Waals surface area contributed by atoms with Crippen LogP contribution in [0.15, 0.2) is 24.3 Å². The van der Waals surface area contributed by atoms with Gasteiger partial charge in [-0.05, 0) is 55.7 Å². The van der Waals surface area contributed by atoms with Crippen molar-refractivity contribution in [3.63, 3.8) is 0 Å². The van der Waals surface area contributed by atoms with Crippen LogP contribution in [0.2, 0.25) is 0 Å². The molecule has 3 rings (SSSR count). The molecule has 2 fully saturated rings. The van der Waals surface area contributed by atoms with Crippen LogP contribution in [0, 0.1) is 23.6 Å². The standard InChI is InChI=1S/C17H24FNO2/c18-16-3-1-2-4-17(16)21-11-15(20)10-19-9-14-8-12-5-6-13(14)7-12/h1-4,12-15,19-20H,5-11H2. The molecule has 116 valence electrons. The summed E-state index contributed by atoms with van der Waals surface area (Å²) in [6.45, 7) is 1.60. The molecule has 2 N–H and O–H groups in total. The van der Waals surface area contributed by atoms with Crippen molar-refractivity contribution in [2.24, 2.45) is 17.8 Å². The van der Waals surface area contributed by atoms with Crippen LogP contribution in [0.25, 0.3) is 0 Å². The smallest absolute Gasteiger partial charge is 0.165 e. The molecule has 0 aliphatic heterocycles. The molecule has 2 aliphatic carbocycles. The molecule has 4 atom stereocenters. The fourth-order valence-electron chi connectivity index (χ4n) is 3.87. The molecule has 3 nitrogen and oxygen atoms in total. The molecule has 1 aromatic carbocycles. The summed E-state index contributed by atoms with van der Waals surface area (Å²) in [6.07, 6.45) is 4.95. The number of fused-ring (bicyclic) bond motifs is 2. The summed E-state index contributed by atoms with van der Waals surface area (Å²) >= 11 is 0.